The van der Waals surface area contributed by atoms with Crippen LogP contribution >= 0.6 is 0 Å². The first-order chi connectivity index (χ1) is 3.68. The third-order valence-electron chi connectivity index (χ3n) is 0.333. The molecule has 52 valence electrons. The molecule has 0 heterocycles. The molecule has 1 nitrogen and oxygen atoms in total. The number of rotatable bonds is 1. The van der Waals surface area contributed by atoms with Crippen molar-refractivity contribution in [1.29, 1.82) is 0 Å². The summed E-state index contributed by atoms with van der Waals surface area (Å²) >= 11 is 0. The first kappa shape index (κ1) is 16.4. The first-order valence-electron chi connectivity index (χ1n) is 3.06. The van der Waals surface area contributed by atoms with E-state index in [2.05, 4.69) is 6.92 Å². The minimum Gasteiger partial charge on any atom is -0.854 e. The molecular formula is C7H16MgO. The Labute approximate surface area is 75.0 Å². The van der Waals surface area contributed by atoms with Crippen molar-refractivity contribution in [3.8, 4) is 0 Å². The van der Waals surface area contributed by atoms with Crippen LogP contribution in [-0.4, -0.2) is 29.7 Å². The summed E-state index contributed by atoms with van der Waals surface area (Å²) in [5, 5.41) is 9.63. The van der Waals surface area contributed by atoms with Gasteiger partial charge in [-0.3, -0.25) is 0 Å². The fourth-order valence-electron chi connectivity index (χ4n) is 0. The van der Waals surface area contributed by atoms with Crippen molar-refractivity contribution in [1.82, 2.24) is 0 Å². The van der Waals surface area contributed by atoms with Crippen LogP contribution in [0.3, 0.4) is 0 Å². The van der Waals surface area contributed by atoms with E-state index in [4.69, 9.17) is 0 Å². The molecule has 0 saturated carbocycles. The average molecular weight is 141 g/mol. The quantitative estimate of drug-likeness (QED) is 0.391. The van der Waals surface area contributed by atoms with Gasteiger partial charge in [0.25, 0.3) is 0 Å². The largest absolute Gasteiger partial charge is 2.00 e. The summed E-state index contributed by atoms with van der Waals surface area (Å²) in [5.41, 5.74) is 0. The van der Waals surface area contributed by atoms with Crippen LogP contribution in [0, 0.1) is 12.8 Å². The molecule has 0 amide bonds. The molecule has 0 atom stereocenters. The van der Waals surface area contributed by atoms with Crippen molar-refractivity contribution in [2.24, 2.45) is 5.92 Å². The molecule has 0 unspecified atom stereocenters. The minimum absolute atomic E-state index is 0. The fraction of sp³-hybridized carbons (Fsp3) is 0.857. The average Bonchev–Trinajstić information content (AvgIpc) is 1.69. The van der Waals surface area contributed by atoms with Gasteiger partial charge in [-0.2, -0.15) is 6.42 Å². The summed E-state index contributed by atoms with van der Waals surface area (Å²) in [5.74, 6) is 0.329. The summed E-state index contributed by atoms with van der Waals surface area (Å²) in [6.45, 7) is 9.38. The van der Waals surface area contributed by atoms with Gasteiger partial charge in [0.05, 0.1) is 0 Å². The second-order valence-corrected chi connectivity index (χ2v) is 2.06. The molecule has 2 heteroatoms. The Morgan fingerprint density at radius 2 is 1.56 bits per heavy atom. The number of hydrogen-bond donors (Lipinski definition) is 0. The minimum atomic E-state index is 0. The topological polar surface area (TPSA) is 23.1 Å². The molecule has 0 bridgehead atoms. The molecule has 0 aromatic rings. The van der Waals surface area contributed by atoms with Crippen LogP contribution in [0.2, 0.25) is 0 Å². The molecule has 0 aromatic carbocycles. The maximum absolute atomic E-state index is 9.63. The van der Waals surface area contributed by atoms with Crippen LogP contribution < -0.4 is 5.11 Å². The van der Waals surface area contributed by atoms with E-state index in [0.29, 0.717) is 5.92 Å². The van der Waals surface area contributed by atoms with Gasteiger partial charge in [-0.05, 0) is 0 Å². The van der Waals surface area contributed by atoms with Gasteiger partial charge in [-0.15, -0.1) is 6.61 Å². The second kappa shape index (κ2) is 15.9. The van der Waals surface area contributed by atoms with Crippen molar-refractivity contribution in [2.75, 3.05) is 6.61 Å². The van der Waals surface area contributed by atoms with Crippen LogP contribution in [-0.2, 0) is 0 Å². The zero-order chi connectivity index (χ0) is 6.99. The molecule has 0 aliphatic rings. The first-order valence-corrected chi connectivity index (χ1v) is 3.06. The van der Waals surface area contributed by atoms with Crippen LogP contribution in [0.1, 0.15) is 27.2 Å². The molecule has 9 heavy (non-hydrogen) atoms. The summed E-state index contributed by atoms with van der Waals surface area (Å²) in [7, 11) is 0. The van der Waals surface area contributed by atoms with Gasteiger partial charge in [0, 0.05) is 0 Å². The monoisotopic (exact) mass is 140 g/mol. The van der Waals surface area contributed by atoms with Crippen molar-refractivity contribution in [3.05, 3.63) is 6.92 Å². The molecule has 0 rings (SSSR count). The van der Waals surface area contributed by atoms with Crippen molar-refractivity contribution in [3.63, 3.8) is 0 Å². The van der Waals surface area contributed by atoms with E-state index in [0.717, 1.165) is 6.42 Å². The third-order valence-corrected chi connectivity index (χ3v) is 0.333. The van der Waals surface area contributed by atoms with E-state index in [-0.39, 0.29) is 29.7 Å². The SMILES string of the molecule is CC(C)C[O-].[CH2-]CC.[Mg+2]. The molecule has 0 spiro atoms. The van der Waals surface area contributed by atoms with E-state index in [1.54, 1.807) is 0 Å². The van der Waals surface area contributed by atoms with E-state index in [9.17, 15) is 5.11 Å². The van der Waals surface area contributed by atoms with Gasteiger partial charge in [-0.25, -0.2) is 0 Å². The molecule has 0 aliphatic carbocycles. The molecule has 0 saturated heterocycles. The molecular weight excluding hydrogens is 124 g/mol. The van der Waals surface area contributed by atoms with Crippen LogP contribution in [0.5, 0.6) is 0 Å². The maximum Gasteiger partial charge on any atom is 2.00 e. The van der Waals surface area contributed by atoms with E-state index in [1.807, 2.05) is 20.8 Å². The summed E-state index contributed by atoms with van der Waals surface area (Å²) in [4.78, 5) is 0. The van der Waals surface area contributed by atoms with Gasteiger partial charge in [0.15, 0.2) is 0 Å². The van der Waals surface area contributed by atoms with E-state index < -0.39 is 0 Å². The third kappa shape index (κ3) is 53.1. The zero-order valence-corrected chi connectivity index (χ0v) is 8.23. The second-order valence-electron chi connectivity index (χ2n) is 2.06. The van der Waals surface area contributed by atoms with E-state index in [1.165, 1.54) is 0 Å². The van der Waals surface area contributed by atoms with Crippen molar-refractivity contribution >= 4 is 23.1 Å². The number of hydrogen-bond acceptors (Lipinski definition) is 1. The molecule has 0 aromatic heterocycles. The van der Waals surface area contributed by atoms with Gasteiger partial charge >= 0.3 is 23.1 Å². The standard InChI is InChI=1S/C4H9O.C3H7.Mg/c1-4(2)3-5;1-3-2;/h4H,3H2,1-2H3;1,3H2,2H3;/q2*-1;+2. The fourth-order valence-corrected chi connectivity index (χ4v) is 0. The van der Waals surface area contributed by atoms with Gasteiger partial charge in [0.2, 0.25) is 0 Å². The van der Waals surface area contributed by atoms with Crippen molar-refractivity contribution in [2.45, 2.75) is 27.2 Å². The Bertz CT molecular complexity index is 30.1. The van der Waals surface area contributed by atoms with Gasteiger partial charge < -0.3 is 12.0 Å². The smallest absolute Gasteiger partial charge is 0.854 e. The Hall–Kier alpha value is 0.726. The Morgan fingerprint density at radius 3 is 1.56 bits per heavy atom. The van der Waals surface area contributed by atoms with Gasteiger partial charge in [-0.1, -0.05) is 26.7 Å². The molecule has 0 radical (unpaired) electrons. The summed E-state index contributed by atoms with van der Waals surface area (Å²) in [6, 6.07) is 0. The summed E-state index contributed by atoms with van der Waals surface area (Å²) < 4.78 is 0. The Balaban J connectivity index is -0.0000000800. The molecule has 0 fully saturated rings. The zero-order valence-electron chi connectivity index (χ0n) is 6.81. The summed E-state index contributed by atoms with van der Waals surface area (Å²) in [6.07, 6.45) is 1.00. The van der Waals surface area contributed by atoms with Crippen LogP contribution in [0.4, 0.5) is 0 Å². The van der Waals surface area contributed by atoms with Crippen molar-refractivity contribution < 1.29 is 5.11 Å². The Kier molecular flexibility index (Phi) is 28.9. The van der Waals surface area contributed by atoms with E-state index >= 15 is 0 Å². The molecule has 0 N–H and O–H groups in total. The van der Waals surface area contributed by atoms with Crippen LogP contribution in [0.15, 0.2) is 0 Å². The predicted molar refractivity (Wildman–Crippen MR) is 41.1 cm³/mol. The molecule has 0 aliphatic heterocycles. The predicted octanol–water partition coefficient (Wildman–Crippen LogP) is 0.852. The van der Waals surface area contributed by atoms with Gasteiger partial charge in [0.1, 0.15) is 0 Å². The maximum atomic E-state index is 9.63. The van der Waals surface area contributed by atoms with Crippen LogP contribution in [0.25, 0.3) is 0 Å². The normalized spacial score (nSPS) is 7.33. The Morgan fingerprint density at radius 1 is 1.44 bits per heavy atom.